The van der Waals surface area contributed by atoms with Gasteiger partial charge in [-0.2, -0.15) is 5.10 Å². The topological polar surface area (TPSA) is 76.0 Å². The average molecular weight is 441 g/mol. The molecule has 0 aliphatic carbocycles. The average Bonchev–Trinajstić information content (AvgIpc) is 2.90. The minimum atomic E-state index is -0.131. The van der Waals surface area contributed by atoms with Crippen LogP contribution in [0.3, 0.4) is 0 Å². The third kappa shape index (κ3) is 4.67. The molecule has 2 N–H and O–H groups in total. The first-order chi connectivity index (χ1) is 13.3. The van der Waals surface area contributed by atoms with Crippen molar-refractivity contribution in [3.63, 3.8) is 0 Å². The quantitative estimate of drug-likeness (QED) is 0.620. The highest BCUT2D eigenvalue weighted by atomic mass is 79.9. The van der Waals surface area contributed by atoms with Crippen molar-refractivity contribution in [2.75, 3.05) is 10.6 Å². The van der Waals surface area contributed by atoms with Crippen LogP contribution in [-0.4, -0.2) is 21.6 Å². The van der Waals surface area contributed by atoms with Gasteiger partial charge in [0.05, 0.1) is 12.1 Å². The Bertz CT molecular complexity index is 1010. The Morgan fingerprint density at radius 3 is 2.29 bits per heavy atom. The minimum Gasteiger partial charge on any atom is -0.326 e. The lowest BCUT2D eigenvalue weighted by atomic mass is 10.1. The number of hydrogen-bond donors (Lipinski definition) is 2. The van der Waals surface area contributed by atoms with Gasteiger partial charge < -0.3 is 10.6 Å². The summed E-state index contributed by atoms with van der Waals surface area (Å²) in [6.07, 6.45) is 0.227. The van der Waals surface area contributed by atoms with Crippen molar-refractivity contribution in [3.05, 3.63) is 64.3 Å². The maximum Gasteiger partial charge on any atom is 0.229 e. The Hall–Kier alpha value is -2.93. The summed E-state index contributed by atoms with van der Waals surface area (Å²) in [4.78, 5) is 23.7. The third-order valence-corrected chi connectivity index (χ3v) is 4.78. The van der Waals surface area contributed by atoms with E-state index in [1.807, 2.05) is 50.4 Å². The molecule has 28 heavy (non-hydrogen) atoms. The number of carbonyl (C=O) groups excluding carboxylic acids is 2. The van der Waals surface area contributed by atoms with Crippen LogP contribution in [0.15, 0.2) is 53.0 Å². The van der Waals surface area contributed by atoms with E-state index < -0.39 is 0 Å². The molecule has 0 bridgehead atoms. The van der Waals surface area contributed by atoms with Crippen molar-refractivity contribution in [3.8, 4) is 11.1 Å². The predicted octanol–water partition coefficient (Wildman–Crippen LogP) is 4.30. The van der Waals surface area contributed by atoms with E-state index >= 15 is 0 Å². The molecule has 3 aromatic rings. The van der Waals surface area contributed by atoms with Gasteiger partial charge in [0.1, 0.15) is 5.82 Å². The molecule has 0 spiro atoms. The Balaban J connectivity index is 1.77. The molecule has 0 saturated heterocycles. The first-order valence-electron chi connectivity index (χ1n) is 8.79. The Kier molecular flexibility index (Phi) is 5.94. The standard InChI is InChI=1S/C21H21BrN4O2/c1-13-20(16-6-8-17(22)9-7-16)21(26(3)25-13)24-19(28)12-15-4-10-18(11-5-15)23-14(2)27/h4-11H,12H2,1-3H3,(H,23,27)(H,24,28). The number of nitrogens with zero attached hydrogens (tertiary/aromatic N) is 2. The van der Waals surface area contributed by atoms with Crippen LogP contribution in [-0.2, 0) is 23.1 Å². The number of rotatable bonds is 5. The normalized spacial score (nSPS) is 10.6. The zero-order valence-electron chi connectivity index (χ0n) is 15.9. The van der Waals surface area contributed by atoms with E-state index in [1.165, 1.54) is 6.92 Å². The van der Waals surface area contributed by atoms with Crippen molar-refractivity contribution in [1.29, 1.82) is 0 Å². The molecule has 144 valence electrons. The van der Waals surface area contributed by atoms with Crippen molar-refractivity contribution in [2.24, 2.45) is 7.05 Å². The molecule has 2 amide bonds. The van der Waals surface area contributed by atoms with Gasteiger partial charge in [-0.05, 0) is 42.3 Å². The Morgan fingerprint density at radius 1 is 1.04 bits per heavy atom. The summed E-state index contributed by atoms with van der Waals surface area (Å²) in [5.41, 5.74) is 4.31. The molecule has 0 aliphatic rings. The summed E-state index contributed by atoms with van der Waals surface area (Å²) < 4.78 is 2.68. The van der Waals surface area contributed by atoms with Crippen LogP contribution in [0.25, 0.3) is 11.1 Å². The number of hydrogen-bond acceptors (Lipinski definition) is 3. The molecule has 0 radical (unpaired) electrons. The lowest BCUT2D eigenvalue weighted by molar-refractivity contribution is -0.116. The molecule has 1 aromatic heterocycles. The summed E-state index contributed by atoms with van der Waals surface area (Å²) >= 11 is 3.44. The molecule has 0 fully saturated rings. The lowest BCUT2D eigenvalue weighted by Gasteiger charge is -2.10. The molecular formula is C21H21BrN4O2. The number of halogens is 1. The van der Waals surface area contributed by atoms with E-state index in [0.717, 1.165) is 26.9 Å². The van der Waals surface area contributed by atoms with E-state index in [4.69, 9.17) is 0 Å². The number of aryl methyl sites for hydroxylation is 2. The zero-order chi connectivity index (χ0) is 20.3. The summed E-state index contributed by atoms with van der Waals surface area (Å²) in [5, 5.41) is 10.2. The number of aromatic nitrogens is 2. The number of nitrogens with one attached hydrogen (secondary N) is 2. The van der Waals surface area contributed by atoms with Gasteiger partial charge >= 0.3 is 0 Å². The summed E-state index contributed by atoms with van der Waals surface area (Å²) in [5.74, 6) is 0.408. The van der Waals surface area contributed by atoms with Gasteiger partial charge in [-0.3, -0.25) is 14.3 Å². The second kappa shape index (κ2) is 8.39. The van der Waals surface area contributed by atoms with Crippen molar-refractivity contribution in [1.82, 2.24) is 9.78 Å². The maximum absolute atomic E-state index is 12.6. The maximum atomic E-state index is 12.6. The summed E-state index contributed by atoms with van der Waals surface area (Å²) in [6, 6.07) is 15.1. The van der Waals surface area contributed by atoms with Crippen LogP contribution in [0.5, 0.6) is 0 Å². The third-order valence-electron chi connectivity index (χ3n) is 4.25. The molecule has 2 aromatic carbocycles. The fourth-order valence-corrected chi connectivity index (χ4v) is 3.30. The highest BCUT2D eigenvalue weighted by Gasteiger charge is 2.17. The zero-order valence-corrected chi connectivity index (χ0v) is 17.5. The van der Waals surface area contributed by atoms with Gasteiger partial charge in [0.2, 0.25) is 11.8 Å². The van der Waals surface area contributed by atoms with E-state index in [-0.39, 0.29) is 18.2 Å². The molecule has 6 nitrogen and oxygen atoms in total. The van der Waals surface area contributed by atoms with Gasteiger partial charge in [-0.1, -0.05) is 40.2 Å². The van der Waals surface area contributed by atoms with E-state index in [9.17, 15) is 9.59 Å². The minimum absolute atomic E-state index is 0.127. The molecule has 0 unspecified atom stereocenters. The van der Waals surface area contributed by atoms with Crippen LogP contribution in [0.4, 0.5) is 11.5 Å². The van der Waals surface area contributed by atoms with Crippen molar-refractivity contribution < 1.29 is 9.59 Å². The van der Waals surface area contributed by atoms with E-state index in [0.29, 0.717) is 11.5 Å². The molecule has 0 saturated carbocycles. The molecule has 1 heterocycles. The van der Waals surface area contributed by atoms with Crippen LogP contribution in [0, 0.1) is 6.92 Å². The largest absolute Gasteiger partial charge is 0.326 e. The van der Waals surface area contributed by atoms with Crippen molar-refractivity contribution >= 4 is 39.2 Å². The van der Waals surface area contributed by atoms with Crippen LogP contribution < -0.4 is 10.6 Å². The Labute approximate surface area is 172 Å². The van der Waals surface area contributed by atoms with Crippen LogP contribution >= 0.6 is 15.9 Å². The van der Waals surface area contributed by atoms with Crippen molar-refractivity contribution in [2.45, 2.75) is 20.3 Å². The SMILES string of the molecule is CC(=O)Nc1ccc(CC(=O)Nc2c(-c3ccc(Br)cc3)c(C)nn2C)cc1. The van der Waals surface area contributed by atoms with E-state index in [1.54, 1.807) is 16.8 Å². The van der Waals surface area contributed by atoms with E-state index in [2.05, 4.69) is 31.7 Å². The number of anilines is 2. The first-order valence-corrected chi connectivity index (χ1v) is 9.58. The monoisotopic (exact) mass is 440 g/mol. The fourth-order valence-electron chi connectivity index (χ4n) is 3.03. The fraction of sp³-hybridized carbons (Fsp3) is 0.190. The second-order valence-electron chi connectivity index (χ2n) is 6.54. The molecular weight excluding hydrogens is 420 g/mol. The second-order valence-corrected chi connectivity index (χ2v) is 7.46. The molecule has 0 atom stereocenters. The highest BCUT2D eigenvalue weighted by molar-refractivity contribution is 9.10. The smallest absolute Gasteiger partial charge is 0.229 e. The lowest BCUT2D eigenvalue weighted by Crippen LogP contribution is -2.17. The highest BCUT2D eigenvalue weighted by Crippen LogP contribution is 2.32. The predicted molar refractivity (Wildman–Crippen MR) is 114 cm³/mol. The van der Waals surface area contributed by atoms with Gasteiger partial charge in [-0.25, -0.2) is 0 Å². The Morgan fingerprint density at radius 2 is 1.68 bits per heavy atom. The molecule has 7 heteroatoms. The molecule has 3 rings (SSSR count). The number of benzene rings is 2. The van der Waals surface area contributed by atoms with Gasteiger partial charge in [-0.15, -0.1) is 0 Å². The first kappa shape index (κ1) is 19.8. The number of amides is 2. The number of carbonyl (C=O) groups is 2. The van der Waals surface area contributed by atoms with Crippen LogP contribution in [0.2, 0.25) is 0 Å². The van der Waals surface area contributed by atoms with Crippen LogP contribution in [0.1, 0.15) is 18.2 Å². The van der Waals surface area contributed by atoms with Gasteiger partial charge in [0.25, 0.3) is 0 Å². The summed E-state index contributed by atoms with van der Waals surface area (Å²) in [7, 11) is 1.81. The van der Waals surface area contributed by atoms with Gasteiger partial charge in [0.15, 0.2) is 0 Å². The van der Waals surface area contributed by atoms with Gasteiger partial charge in [0, 0.05) is 29.7 Å². The summed E-state index contributed by atoms with van der Waals surface area (Å²) in [6.45, 7) is 3.38. The molecule has 0 aliphatic heterocycles.